The van der Waals surface area contributed by atoms with E-state index in [4.69, 9.17) is 14.2 Å². The van der Waals surface area contributed by atoms with E-state index < -0.39 is 0 Å². The normalized spacial score (nSPS) is 15.8. The molecule has 0 aromatic heterocycles. The van der Waals surface area contributed by atoms with Crippen LogP contribution in [0.3, 0.4) is 0 Å². The maximum Gasteiger partial charge on any atom is 0.224 e. The Hall–Kier alpha value is -2.69. The average Bonchev–Trinajstić information content (AvgIpc) is 2.60. The van der Waals surface area contributed by atoms with Gasteiger partial charge in [0, 0.05) is 5.56 Å². The smallest absolute Gasteiger partial charge is 0.224 e. The van der Waals surface area contributed by atoms with Gasteiger partial charge in [0.2, 0.25) is 5.91 Å². The van der Waals surface area contributed by atoms with Crippen LogP contribution in [0, 0.1) is 0 Å². The Labute approximate surface area is 135 Å². The number of carbonyl (C=O) groups excluding carboxylic acids is 1. The molecule has 3 rings (SSSR count). The largest absolute Gasteiger partial charge is 0.496 e. The molecular formula is C18H19NO4. The summed E-state index contributed by atoms with van der Waals surface area (Å²) in [6, 6.07) is 15.0. The molecule has 5 nitrogen and oxygen atoms in total. The zero-order valence-corrected chi connectivity index (χ0v) is 13.0. The van der Waals surface area contributed by atoms with Crippen LogP contribution in [0.4, 0.5) is 0 Å². The predicted molar refractivity (Wildman–Crippen MR) is 86.1 cm³/mol. The molecular weight excluding hydrogens is 294 g/mol. The summed E-state index contributed by atoms with van der Waals surface area (Å²) in [4.78, 5) is 12.1. The van der Waals surface area contributed by atoms with Gasteiger partial charge in [0.25, 0.3) is 0 Å². The number of benzene rings is 2. The van der Waals surface area contributed by atoms with Crippen molar-refractivity contribution in [3.05, 3.63) is 54.1 Å². The van der Waals surface area contributed by atoms with Crippen molar-refractivity contribution in [1.82, 2.24) is 5.32 Å². The molecule has 1 amide bonds. The van der Waals surface area contributed by atoms with E-state index in [0.29, 0.717) is 24.7 Å². The third-order valence-corrected chi connectivity index (χ3v) is 3.64. The van der Waals surface area contributed by atoms with Crippen LogP contribution in [0.2, 0.25) is 0 Å². The number of methoxy groups -OCH3 is 1. The molecule has 0 bridgehead atoms. The van der Waals surface area contributed by atoms with Crippen LogP contribution in [0.1, 0.15) is 5.56 Å². The molecule has 0 aliphatic carbocycles. The van der Waals surface area contributed by atoms with Crippen LogP contribution in [0.25, 0.3) is 0 Å². The molecule has 1 unspecified atom stereocenters. The maximum absolute atomic E-state index is 12.1. The number of para-hydroxylation sites is 3. The Balaban J connectivity index is 1.52. The summed E-state index contributed by atoms with van der Waals surface area (Å²) in [5.41, 5.74) is 0.860. The Morgan fingerprint density at radius 3 is 2.74 bits per heavy atom. The fraction of sp³-hybridized carbons (Fsp3) is 0.278. The second-order valence-corrected chi connectivity index (χ2v) is 5.29. The number of amides is 1. The molecule has 0 saturated carbocycles. The van der Waals surface area contributed by atoms with Gasteiger partial charge in [-0.15, -0.1) is 0 Å². The van der Waals surface area contributed by atoms with Gasteiger partial charge in [0.05, 0.1) is 20.1 Å². The van der Waals surface area contributed by atoms with Gasteiger partial charge in [-0.05, 0) is 18.2 Å². The Morgan fingerprint density at radius 1 is 1.17 bits per heavy atom. The third-order valence-electron chi connectivity index (χ3n) is 3.64. The minimum absolute atomic E-state index is 0.0723. The fourth-order valence-electron chi connectivity index (χ4n) is 2.48. The Morgan fingerprint density at radius 2 is 1.91 bits per heavy atom. The van der Waals surface area contributed by atoms with Crippen LogP contribution in [-0.4, -0.2) is 32.3 Å². The number of rotatable bonds is 5. The monoisotopic (exact) mass is 313 g/mol. The van der Waals surface area contributed by atoms with Crippen molar-refractivity contribution in [2.75, 3.05) is 20.3 Å². The second kappa shape index (κ2) is 7.05. The molecule has 1 aliphatic rings. The van der Waals surface area contributed by atoms with Gasteiger partial charge in [-0.1, -0.05) is 30.3 Å². The first kappa shape index (κ1) is 15.2. The fourth-order valence-corrected chi connectivity index (χ4v) is 2.48. The van der Waals surface area contributed by atoms with Crippen LogP contribution >= 0.6 is 0 Å². The summed E-state index contributed by atoms with van der Waals surface area (Å²) >= 11 is 0. The summed E-state index contributed by atoms with van der Waals surface area (Å²) in [6.45, 7) is 0.828. The van der Waals surface area contributed by atoms with E-state index in [1.165, 1.54) is 0 Å². The second-order valence-electron chi connectivity index (χ2n) is 5.29. The zero-order valence-electron chi connectivity index (χ0n) is 13.0. The molecule has 23 heavy (non-hydrogen) atoms. The van der Waals surface area contributed by atoms with Crippen LogP contribution in [0.15, 0.2) is 48.5 Å². The highest BCUT2D eigenvalue weighted by Crippen LogP contribution is 2.30. The van der Waals surface area contributed by atoms with Crippen LogP contribution < -0.4 is 19.5 Å². The standard InChI is InChI=1S/C18H19NO4/c1-21-15-7-3-2-6-13(15)10-18(20)19-11-14-12-22-16-8-4-5-9-17(16)23-14/h2-9,14H,10-12H2,1H3,(H,19,20). The van der Waals surface area contributed by atoms with E-state index in [0.717, 1.165) is 11.3 Å². The first-order chi connectivity index (χ1) is 11.3. The minimum Gasteiger partial charge on any atom is -0.496 e. The Bertz CT molecular complexity index is 686. The van der Waals surface area contributed by atoms with E-state index in [2.05, 4.69) is 5.32 Å². The molecule has 0 radical (unpaired) electrons. The molecule has 2 aromatic carbocycles. The van der Waals surface area contributed by atoms with Gasteiger partial charge in [-0.25, -0.2) is 0 Å². The highest BCUT2D eigenvalue weighted by atomic mass is 16.6. The number of fused-ring (bicyclic) bond motifs is 1. The number of hydrogen-bond donors (Lipinski definition) is 1. The van der Waals surface area contributed by atoms with Gasteiger partial charge in [0.1, 0.15) is 18.5 Å². The van der Waals surface area contributed by atoms with Crippen molar-refractivity contribution in [1.29, 1.82) is 0 Å². The van der Waals surface area contributed by atoms with Gasteiger partial charge in [-0.3, -0.25) is 4.79 Å². The number of ether oxygens (including phenoxy) is 3. The zero-order chi connectivity index (χ0) is 16.1. The summed E-state index contributed by atoms with van der Waals surface area (Å²) in [5.74, 6) is 2.10. The van der Waals surface area contributed by atoms with Gasteiger partial charge >= 0.3 is 0 Å². The van der Waals surface area contributed by atoms with E-state index in [9.17, 15) is 4.79 Å². The van der Waals surface area contributed by atoms with Crippen molar-refractivity contribution in [3.8, 4) is 17.2 Å². The lowest BCUT2D eigenvalue weighted by molar-refractivity contribution is -0.121. The quantitative estimate of drug-likeness (QED) is 0.919. The van der Waals surface area contributed by atoms with Gasteiger partial charge < -0.3 is 19.5 Å². The van der Waals surface area contributed by atoms with E-state index >= 15 is 0 Å². The van der Waals surface area contributed by atoms with E-state index in [1.807, 2.05) is 48.5 Å². The van der Waals surface area contributed by atoms with Crippen LogP contribution in [-0.2, 0) is 11.2 Å². The van der Waals surface area contributed by atoms with Crippen molar-refractivity contribution in [2.45, 2.75) is 12.5 Å². The van der Waals surface area contributed by atoms with Crippen molar-refractivity contribution >= 4 is 5.91 Å². The Kier molecular flexibility index (Phi) is 4.66. The lowest BCUT2D eigenvalue weighted by atomic mass is 10.1. The summed E-state index contributed by atoms with van der Waals surface area (Å²) in [7, 11) is 1.60. The first-order valence-corrected chi connectivity index (χ1v) is 7.53. The number of hydrogen-bond acceptors (Lipinski definition) is 4. The van der Waals surface area contributed by atoms with Crippen molar-refractivity contribution in [2.24, 2.45) is 0 Å². The highest BCUT2D eigenvalue weighted by molar-refractivity contribution is 5.79. The molecule has 1 N–H and O–H groups in total. The average molecular weight is 313 g/mol. The molecule has 5 heteroatoms. The van der Waals surface area contributed by atoms with E-state index in [1.54, 1.807) is 7.11 Å². The van der Waals surface area contributed by atoms with E-state index in [-0.39, 0.29) is 18.4 Å². The summed E-state index contributed by atoms with van der Waals surface area (Å²) < 4.78 is 16.7. The topological polar surface area (TPSA) is 56.8 Å². The molecule has 1 heterocycles. The van der Waals surface area contributed by atoms with Crippen molar-refractivity contribution in [3.63, 3.8) is 0 Å². The third kappa shape index (κ3) is 3.74. The molecule has 1 aliphatic heterocycles. The SMILES string of the molecule is COc1ccccc1CC(=O)NCC1COc2ccccc2O1. The number of carbonyl (C=O) groups is 1. The molecule has 0 fully saturated rings. The first-order valence-electron chi connectivity index (χ1n) is 7.53. The summed E-state index contributed by atoms with van der Waals surface area (Å²) in [5, 5.41) is 2.88. The summed E-state index contributed by atoms with van der Waals surface area (Å²) in [6.07, 6.45) is 0.0836. The lowest BCUT2D eigenvalue weighted by Crippen LogP contribution is -2.41. The van der Waals surface area contributed by atoms with Gasteiger partial charge in [-0.2, -0.15) is 0 Å². The maximum atomic E-state index is 12.1. The molecule has 1 atom stereocenters. The van der Waals surface area contributed by atoms with Gasteiger partial charge in [0.15, 0.2) is 11.5 Å². The highest BCUT2D eigenvalue weighted by Gasteiger charge is 2.21. The molecule has 2 aromatic rings. The molecule has 120 valence electrons. The lowest BCUT2D eigenvalue weighted by Gasteiger charge is -2.26. The minimum atomic E-state index is -0.188. The number of nitrogens with one attached hydrogen (secondary N) is 1. The molecule has 0 saturated heterocycles. The molecule has 0 spiro atoms. The van der Waals surface area contributed by atoms with Crippen LogP contribution in [0.5, 0.6) is 17.2 Å². The van der Waals surface area contributed by atoms with Crippen molar-refractivity contribution < 1.29 is 19.0 Å². The predicted octanol–water partition coefficient (Wildman–Crippen LogP) is 2.19.